The van der Waals surface area contributed by atoms with Crippen molar-refractivity contribution >= 4 is 11.7 Å². The Morgan fingerprint density at radius 3 is 2.53 bits per heavy atom. The second-order valence-corrected chi connectivity index (χ2v) is 8.20. The number of carbonyl (C=O) groups excluding carboxylic acids is 2. The molecular formula is C28H22N4O4. The first-order valence-corrected chi connectivity index (χ1v) is 11.3. The van der Waals surface area contributed by atoms with E-state index in [2.05, 4.69) is 10.4 Å². The summed E-state index contributed by atoms with van der Waals surface area (Å²) in [6, 6.07) is 25.9. The number of methoxy groups -OCH3 is 1. The van der Waals surface area contributed by atoms with Gasteiger partial charge in [-0.05, 0) is 35.9 Å². The summed E-state index contributed by atoms with van der Waals surface area (Å²) in [6.07, 6.45) is 0. The molecule has 0 radical (unpaired) electrons. The molecule has 0 bridgehead atoms. The lowest BCUT2D eigenvalue weighted by atomic mass is 9.95. The lowest BCUT2D eigenvalue weighted by Crippen LogP contribution is -2.35. The van der Waals surface area contributed by atoms with E-state index in [1.54, 1.807) is 23.9 Å². The zero-order valence-electron chi connectivity index (χ0n) is 19.5. The number of nitrogens with zero attached hydrogens (tertiary/aromatic N) is 3. The average Bonchev–Trinajstić information content (AvgIpc) is 3.33. The lowest BCUT2D eigenvalue weighted by molar-refractivity contribution is -0.122. The third kappa shape index (κ3) is 4.18. The van der Waals surface area contributed by atoms with Crippen molar-refractivity contribution in [3.63, 3.8) is 0 Å². The third-order valence-corrected chi connectivity index (χ3v) is 5.99. The van der Waals surface area contributed by atoms with Crippen molar-refractivity contribution in [2.24, 2.45) is 5.92 Å². The van der Waals surface area contributed by atoms with E-state index in [9.17, 15) is 14.9 Å². The number of rotatable bonds is 7. The SMILES string of the molecule is COc1ccc2c(c1)-c1c(c(C(=O)C(C#N)C(=O)NCc3ccccc3)nn1-c1ccccc1)CO2. The maximum atomic E-state index is 13.5. The lowest BCUT2D eigenvalue weighted by Gasteiger charge is -2.20. The molecule has 1 aliphatic heterocycles. The fraction of sp³-hybridized carbons (Fsp3) is 0.143. The van der Waals surface area contributed by atoms with Gasteiger partial charge >= 0.3 is 0 Å². The van der Waals surface area contributed by atoms with Crippen LogP contribution in [0.25, 0.3) is 16.9 Å². The van der Waals surface area contributed by atoms with Crippen molar-refractivity contribution in [1.29, 1.82) is 5.26 Å². The highest BCUT2D eigenvalue weighted by Crippen LogP contribution is 2.42. The van der Waals surface area contributed by atoms with Crippen LogP contribution in [0.15, 0.2) is 78.9 Å². The van der Waals surface area contributed by atoms with Crippen molar-refractivity contribution in [1.82, 2.24) is 15.1 Å². The minimum absolute atomic E-state index is 0.0312. The number of nitriles is 1. The van der Waals surface area contributed by atoms with Gasteiger partial charge in [0, 0.05) is 17.7 Å². The molecule has 1 atom stereocenters. The Hall–Kier alpha value is -4.90. The van der Waals surface area contributed by atoms with Gasteiger partial charge in [-0.15, -0.1) is 0 Å². The van der Waals surface area contributed by atoms with E-state index >= 15 is 0 Å². The van der Waals surface area contributed by atoms with Crippen LogP contribution in [0, 0.1) is 17.2 Å². The van der Waals surface area contributed by atoms with Gasteiger partial charge in [-0.1, -0.05) is 48.5 Å². The molecule has 5 rings (SSSR count). The topological polar surface area (TPSA) is 106 Å². The fourth-order valence-electron chi connectivity index (χ4n) is 4.17. The highest BCUT2D eigenvalue weighted by atomic mass is 16.5. The van der Waals surface area contributed by atoms with Crippen molar-refractivity contribution in [2.75, 3.05) is 7.11 Å². The molecule has 0 spiro atoms. The van der Waals surface area contributed by atoms with Crippen LogP contribution in [0.5, 0.6) is 11.5 Å². The van der Waals surface area contributed by atoms with Gasteiger partial charge in [0.25, 0.3) is 0 Å². The number of ketones is 1. The van der Waals surface area contributed by atoms with Crippen LogP contribution in [0.1, 0.15) is 21.6 Å². The molecule has 1 unspecified atom stereocenters. The van der Waals surface area contributed by atoms with Gasteiger partial charge < -0.3 is 14.8 Å². The smallest absolute Gasteiger partial charge is 0.245 e. The largest absolute Gasteiger partial charge is 0.497 e. The average molecular weight is 479 g/mol. The summed E-state index contributed by atoms with van der Waals surface area (Å²) in [5.41, 5.74) is 3.49. The maximum absolute atomic E-state index is 13.5. The Bertz CT molecular complexity index is 1470. The number of nitrogens with one attached hydrogen (secondary N) is 1. The Labute approximate surface area is 207 Å². The van der Waals surface area contributed by atoms with Gasteiger partial charge in [-0.2, -0.15) is 10.4 Å². The number of carbonyl (C=O) groups is 2. The summed E-state index contributed by atoms with van der Waals surface area (Å²) in [5, 5.41) is 17.1. The first kappa shape index (κ1) is 22.9. The molecule has 1 aromatic heterocycles. The van der Waals surface area contributed by atoms with E-state index < -0.39 is 17.6 Å². The monoisotopic (exact) mass is 478 g/mol. The van der Waals surface area contributed by atoms with E-state index in [1.165, 1.54) is 0 Å². The van der Waals surface area contributed by atoms with Crippen molar-refractivity contribution < 1.29 is 19.1 Å². The summed E-state index contributed by atoms with van der Waals surface area (Å²) in [6.45, 7) is 0.282. The van der Waals surface area contributed by atoms with Gasteiger partial charge in [0.05, 0.1) is 24.6 Å². The predicted molar refractivity (Wildman–Crippen MR) is 132 cm³/mol. The normalized spacial score (nSPS) is 12.3. The van der Waals surface area contributed by atoms with E-state index in [0.29, 0.717) is 28.3 Å². The number of fused-ring (bicyclic) bond motifs is 3. The minimum Gasteiger partial charge on any atom is -0.497 e. The number of para-hydroxylation sites is 1. The molecule has 0 aliphatic carbocycles. The van der Waals surface area contributed by atoms with Crippen LogP contribution >= 0.6 is 0 Å². The standard InChI is InChI=1S/C28H22N4O4/c1-35-20-12-13-24-21(14-20)26-23(17-36-24)25(31-32(26)19-10-6-3-7-11-19)27(33)22(15-29)28(34)30-16-18-8-4-2-5-9-18/h2-14,22H,16-17H2,1H3,(H,30,34). The molecular weight excluding hydrogens is 456 g/mol. The van der Waals surface area contributed by atoms with Gasteiger partial charge in [0.1, 0.15) is 23.8 Å². The number of hydrogen-bond donors (Lipinski definition) is 1. The summed E-state index contributed by atoms with van der Waals surface area (Å²) < 4.78 is 13.0. The molecule has 2 heterocycles. The molecule has 1 aliphatic rings. The Kier molecular flexibility index (Phi) is 6.20. The molecule has 178 valence electrons. The highest BCUT2D eigenvalue weighted by molar-refractivity contribution is 6.12. The maximum Gasteiger partial charge on any atom is 0.245 e. The van der Waals surface area contributed by atoms with Crippen LogP contribution < -0.4 is 14.8 Å². The molecule has 0 saturated heterocycles. The van der Waals surface area contributed by atoms with Crippen LogP contribution in [0.4, 0.5) is 0 Å². The second kappa shape index (κ2) is 9.76. The number of aromatic nitrogens is 2. The Morgan fingerprint density at radius 2 is 1.83 bits per heavy atom. The Balaban J connectivity index is 1.55. The van der Waals surface area contributed by atoms with E-state index in [4.69, 9.17) is 9.47 Å². The number of benzene rings is 3. The summed E-state index contributed by atoms with van der Waals surface area (Å²) in [5.74, 6) is -1.66. The third-order valence-electron chi connectivity index (χ3n) is 5.99. The molecule has 36 heavy (non-hydrogen) atoms. The number of Topliss-reactive ketones (excluding diaryl/α,β-unsaturated/α-hetero) is 1. The zero-order chi connectivity index (χ0) is 25.1. The number of ether oxygens (including phenoxy) is 2. The van der Waals surface area contributed by atoms with Crippen LogP contribution in [0.2, 0.25) is 0 Å². The quantitative estimate of drug-likeness (QED) is 0.317. The molecule has 1 amide bonds. The summed E-state index contributed by atoms with van der Waals surface area (Å²) in [7, 11) is 1.57. The summed E-state index contributed by atoms with van der Waals surface area (Å²) in [4.78, 5) is 26.4. The van der Waals surface area contributed by atoms with Crippen molar-refractivity contribution in [3.05, 3.63) is 95.7 Å². The molecule has 8 heteroatoms. The van der Waals surface area contributed by atoms with Crippen LogP contribution in [-0.2, 0) is 17.9 Å². The number of amides is 1. The molecule has 0 fully saturated rings. The molecule has 1 N–H and O–H groups in total. The fourth-order valence-corrected chi connectivity index (χ4v) is 4.17. The van der Waals surface area contributed by atoms with E-state index in [-0.39, 0.29) is 18.8 Å². The van der Waals surface area contributed by atoms with E-state index in [0.717, 1.165) is 11.3 Å². The molecule has 3 aromatic carbocycles. The predicted octanol–water partition coefficient (Wildman–Crippen LogP) is 4.08. The van der Waals surface area contributed by atoms with Gasteiger partial charge in [0.15, 0.2) is 5.92 Å². The molecule has 8 nitrogen and oxygen atoms in total. The zero-order valence-corrected chi connectivity index (χ0v) is 19.5. The van der Waals surface area contributed by atoms with Gasteiger partial charge in [-0.3, -0.25) is 9.59 Å². The van der Waals surface area contributed by atoms with Crippen molar-refractivity contribution in [2.45, 2.75) is 13.2 Å². The number of hydrogen-bond acceptors (Lipinski definition) is 6. The first-order valence-electron chi connectivity index (χ1n) is 11.3. The van der Waals surface area contributed by atoms with E-state index in [1.807, 2.05) is 72.8 Å². The minimum atomic E-state index is -1.55. The van der Waals surface area contributed by atoms with Crippen LogP contribution in [0.3, 0.4) is 0 Å². The van der Waals surface area contributed by atoms with Crippen molar-refractivity contribution in [3.8, 4) is 34.5 Å². The summed E-state index contributed by atoms with van der Waals surface area (Å²) >= 11 is 0. The second-order valence-electron chi connectivity index (χ2n) is 8.20. The molecule has 0 saturated carbocycles. The van der Waals surface area contributed by atoms with Gasteiger partial charge in [-0.25, -0.2) is 4.68 Å². The Morgan fingerprint density at radius 1 is 1.11 bits per heavy atom. The highest BCUT2D eigenvalue weighted by Gasteiger charge is 2.36. The van der Waals surface area contributed by atoms with Crippen LogP contribution in [-0.4, -0.2) is 28.6 Å². The molecule has 4 aromatic rings. The first-order chi connectivity index (χ1) is 17.6. The van der Waals surface area contributed by atoms with Gasteiger partial charge in [0.2, 0.25) is 11.7 Å².